The van der Waals surface area contributed by atoms with Crippen molar-refractivity contribution in [2.24, 2.45) is 0 Å². The topological polar surface area (TPSA) is 67.3 Å². The highest BCUT2D eigenvalue weighted by atomic mass is 32.1. The van der Waals surface area contributed by atoms with E-state index in [2.05, 4.69) is 12.1 Å². The smallest absolute Gasteiger partial charge is 0.104 e. The average Bonchev–Trinajstić information content (AvgIpc) is 1.53. The fourth-order valence-corrected chi connectivity index (χ4v) is 14.2. The molecule has 6 heterocycles. The van der Waals surface area contributed by atoms with Crippen LogP contribution in [-0.2, 0) is 0 Å². The van der Waals surface area contributed by atoms with Crippen molar-refractivity contribution in [3.63, 3.8) is 0 Å². The third-order valence-electron chi connectivity index (χ3n) is 15.0. The monoisotopic (exact) mass is 1050 g/mol. The Kier molecular flexibility index (Phi) is 5.61. The predicted molar refractivity (Wildman–Crippen MR) is 328 cm³/mol. The van der Waals surface area contributed by atoms with E-state index in [0.29, 0.717) is 43.6 Å². The van der Waals surface area contributed by atoms with E-state index in [9.17, 15) is 29.7 Å². The predicted octanol–water partition coefficient (Wildman–Crippen LogP) is 19.2. The van der Waals surface area contributed by atoms with E-state index >= 15 is 0 Å². The normalized spacial score (nSPS) is 16.2. The highest BCUT2D eigenvalue weighted by Crippen LogP contribution is 2.52. The average molecular weight is 1050 g/mol. The lowest BCUT2D eigenvalue weighted by Crippen LogP contribution is -2.16. The molecule has 0 bridgehead atoms. The minimum Gasteiger partial charge on any atom is -0.306 e. The van der Waals surface area contributed by atoms with Crippen LogP contribution in [0.5, 0.6) is 0 Å². The van der Waals surface area contributed by atoms with Gasteiger partial charge in [-0.15, -0.1) is 22.7 Å². The van der Waals surface area contributed by atoms with Gasteiger partial charge in [-0.05, 0) is 74.3 Å². The number of fused-ring (bicyclic) bond motifs is 20. The molecule has 11 aromatic carbocycles. The first-order valence-electron chi connectivity index (χ1n) is 35.0. The fraction of sp³-hybridized carbons (Fsp3) is 0.0286. The van der Waals surface area contributed by atoms with Gasteiger partial charge in [0.05, 0.1) is 101 Å². The number of thiophene rings is 2. The minimum atomic E-state index is -3.27. The third-order valence-corrected chi connectivity index (χ3v) is 17.2. The van der Waals surface area contributed by atoms with Crippen molar-refractivity contribution in [2.45, 2.75) is 13.8 Å². The summed E-state index contributed by atoms with van der Waals surface area (Å²) in [6, 6.07) is 22.3. The number of aromatic nitrogens is 4. The Morgan fingerprint density at radius 3 is 1.17 bits per heavy atom. The first-order valence-corrected chi connectivity index (χ1v) is 26.1. The summed E-state index contributed by atoms with van der Waals surface area (Å²) < 4.78 is 206. The number of rotatable bonds is 4. The molecule has 362 valence electrons. The zero-order chi connectivity index (χ0) is 69.8. The van der Waals surface area contributed by atoms with Crippen LogP contribution in [0.1, 0.15) is 51.0 Å². The van der Waals surface area contributed by atoms with Crippen LogP contribution in [0.25, 0.3) is 150 Å². The maximum Gasteiger partial charge on any atom is 0.104 e. The lowest BCUT2D eigenvalue weighted by Gasteiger charge is -2.27. The maximum atomic E-state index is 13.2. The SMILES string of the molecule is [2H]c1c([2H])c([2H])c2c(sc3c2c([2H])c([2H])c2c4c([2H])c(C)c([2H])c([2H])c4n(-c4c(C#N)c(-n5c6ccccc6c6ccccc65)c(-n5c6c([2H])c([2H])c(C([2H])([2H])[2H])c([2H])c6c6c([2H])c([2H])c7c(sc8c([2H])c([2H])c([2H])c([2H])c87)c65)c(C#N)c4-n4c5ccccc5c5ccccc54)c32)c1[2H]. The molecule has 0 aliphatic carbocycles. The van der Waals surface area contributed by atoms with E-state index < -0.39 is 137 Å². The zero-order valence-electron chi connectivity index (χ0n) is 61.2. The van der Waals surface area contributed by atoms with Crippen molar-refractivity contribution in [1.82, 2.24) is 18.3 Å². The van der Waals surface area contributed by atoms with Gasteiger partial charge in [0.2, 0.25) is 0 Å². The van der Waals surface area contributed by atoms with Gasteiger partial charge in [-0.3, -0.25) is 0 Å². The summed E-state index contributed by atoms with van der Waals surface area (Å²) in [6.45, 7) is -1.82. The van der Waals surface area contributed by atoms with E-state index in [-0.39, 0.29) is 107 Å². The largest absolute Gasteiger partial charge is 0.306 e. The van der Waals surface area contributed by atoms with Gasteiger partial charge in [0.25, 0.3) is 0 Å². The van der Waals surface area contributed by atoms with Crippen molar-refractivity contribution in [2.75, 3.05) is 0 Å². The van der Waals surface area contributed by atoms with Crippen molar-refractivity contribution < 1.29 is 28.8 Å². The van der Waals surface area contributed by atoms with Crippen molar-refractivity contribution in [1.29, 1.82) is 10.5 Å². The highest BCUT2D eigenvalue weighted by molar-refractivity contribution is 7.27. The number of nitriles is 2. The maximum absolute atomic E-state index is 13.2. The molecule has 0 N–H and O–H groups in total. The molecule has 0 atom stereocenters. The Morgan fingerprint density at radius 2 is 0.744 bits per heavy atom. The van der Waals surface area contributed by atoms with E-state index in [1.54, 1.807) is 81.9 Å². The van der Waals surface area contributed by atoms with Gasteiger partial charge < -0.3 is 18.3 Å². The number of nitrogens with zero attached hydrogens (tertiary/aromatic N) is 6. The summed E-state index contributed by atoms with van der Waals surface area (Å²) in [5.41, 5.74) is -2.48. The molecule has 0 fully saturated rings. The summed E-state index contributed by atoms with van der Waals surface area (Å²) in [4.78, 5) is 0. The van der Waals surface area contributed by atoms with Crippen molar-refractivity contribution in [3.05, 3.63) is 228 Å². The molecule has 17 rings (SSSR count). The van der Waals surface area contributed by atoms with Gasteiger partial charge in [0, 0.05) is 78.1 Å². The minimum absolute atomic E-state index is 0.0116. The molecule has 8 heteroatoms. The third kappa shape index (κ3) is 5.57. The van der Waals surface area contributed by atoms with Crippen molar-refractivity contribution >= 4 is 150 Å². The van der Waals surface area contributed by atoms with Crippen LogP contribution < -0.4 is 0 Å². The quantitative estimate of drug-likeness (QED) is 0.176. The van der Waals surface area contributed by atoms with Crippen LogP contribution in [0.2, 0.25) is 0 Å². The molecule has 0 aliphatic heterocycles. The van der Waals surface area contributed by atoms with Crippen molar-refractivity contribution in [3.8, 4) is 34.9 Å². The van der Waals surface area contributed by atoms with Gasteiger partial charge in [0.1, 0.15) is 23.3 Å². The van der Waals surface area contributed by atoms with Crippen LogP contribution in [-0.4, -0.2) is 18.3 Å². The Morgan fingerprint density at radius 1 is 0.372 bits per heavy atom. The molecule has 17 aromatic rings. The molecule has 0 spiro atoms. The molecule has 6 nitrogen and oxygen atoms in total. The Labute approximate surface area is 483 Å². The molecule has 0 saturated carbocycles. The molecule has 0 radical (unpaired) electrons. The lowest BCUT2D eigenvalue weighted by molar-refractivity contribution is 1.03. The van der Waals surface area contributed by atoms with E-state index in [4.69, 9.17) is 9.60 Å². The number of benzene rings is 11. The second-order valence-corrected chi connectivity index (χ2v) is 21.0. The summed E-state index contributed by atoms with van der Waals surface area (Å²) in [6.07, 6.45) is 0. The lowest BCUT2D eigenvalue weighted by atomic mass is 9.98. The highest BCUT2D eigenvalue weighted by Gasteiger charge is 2.35. The Balaban J connectivity index is 1.27. The fourth-order valence-electron chi connectivity index (χ4n) is 12.0. The van der Waals surface area contributed by atoms with E-state index in [0.717, 1.165) is 22.7 Å². The number of para-hydroxylation sites is 4. The number of hydrogen-bond donors (Lipinski definition) is 0. The standard InChI is InChI=1S/C70H40N6S2/c1-39-27-33-59-51(35-39)47-29-31-49-45-19-7-13-25-61(45)77-69(49)67(47)75(59)65-53(37-71)64(74-57-23-11-5-17-43(57)44-18-6-12-24-58(44)74)66(54(38-72)63(65)73-55-21-9-3-15-41(55)42-16-4-10-22-56(42)73)76-60-34-28-40(2)36-52(60)48-30-32-50-46-20-8-14-26-62(46)78-70(50)68(48)76/h3-36H,1-2H3/i1D3,7D,8D,13D,14D,19D,20D,25D,26D,27D,28D,29D,30D,31D,32D,33D,34D,35D,36D. The molecular weight excluding hydrogens is 989 g/mol. The molecular formula is C70H40N6S2. The summed E-state index contributed by atoms with van der Waals surface area (Å²) in [7, 11) is 0. The van der Waals surface area contributed by atoms with Crippen LogP contribution in [0.4, 0.5) is 0 Å². The van der Waals surface area contributed by atoms with Gasteiger partial charge in [-0.1, -0.05) is 156 Å². The summed E-state index contributed by atoms with van der Waals surface area (Å²) in [5.74, 6) is 0. The van der Waals surface area contributed by atoms with Gasteiger partial charge in [0.15, 0.2) is 0 Å². The number of hydrogen-bond acceptors (Lipinski definition) is 4. The molecule has 0 unspecified atom stereocenters. The van der Waals surface area contributed by atoms with Gasteiger partial charge in [-0.25, -0.2) is 0 Å². The molecule has 0 aliphatic rings. The first kappa shape index (κ1) is 27.7. The van der Waals surface area contributed by atoms with Gasteiger partial charge >= 0.3 is 0 Å². The second-order valence-electron chi connectivity index (χ2n) is 18.9. The van der Waals surface area contributed by atoms with E-state index in [1.807, 2.05) is 24.3 Å². The summed E-state index contributed by atoms with van der Waals surface area (Å²) in [5, 5.41) is 27.0. The van der Waals surface area contributed by atoms with Crippen LogP contribution in [0, 0.1) is 36.4 Å². The molecule has 78 heavy (non-hydrogen) atoms. The van der Waals surface area contributed by atoms with Crippen LogP contribution >= 0.6 is 22.7 Å². The molecule has 6 aromatic heterocycles. The van der Waals surface area contributed by atoms with Crippen LogP contribution in [0.3, 0.4) is 0 Å². The molecule has 0 saturated heterocycles. The van der Waals surface area contributed by atoms with Gasteiger partial charge in [-0.2, -0.15) is 10.5 Å². The Hall–Kier alpha value is -9.96. The first-order chi connectivity index (χ1) is 47.2. The van der Waals surface area contributed by atoms with E-state index in [1.165, 1.54) is 16.1 Å². The van der Waals surface area contributed by atoms with Crippen LogP contribution in [0.15, 0.2) is 206 Å². The molecule has 0 amide bonds. The Bertz CT molecular complexity index is 6770. The second kappa shape index (κ2) is 15.8. The summed E-state index contributed by atoms with van der Waals surface area (Å²) >= 11 is 1.60. The zero-order valence-corrected chi connectivity index (χ0v) is 41.9.